The molecule has 3 heteroatoms. The summed E-state index contributed by atoms with van der Waals surface area (Å²) in [5, 5.41) is 0. The van der Waals surface area contributed by atoms with Gasteiger partial charge in [0.25, 0.3) is 0 Å². The number of esters is 1. The quantitative estimate of drug-likeness (QED) is 0.770. The smallest absolute Gasteiger partial charge is 0.316 e. The fourth-order valence-corrected chi connectivity index (χ4v) is 2.26. The zero-order valence-corrected chi connectivity index (χ0v) is 12.6. The third kappa shape index (κ3) is 3.56. The van der Waals surface area contributed by atoms with E-state index in [1.807, 2.05) is 58.9 Å². The minimum Gasteiger partial charge on any atom is -0.459 e. The Hall–Kier alpha value is -0.830. The molecule has 0 saturated heterocycles. The summed E-state index contributed by atoms with van der Waals surface area (Å²) in [6.07, 6.45) is 0. The van der Waals surface area contributed by atoms with E-state index in [0.29, 0.717) is 0 Å². The lowest BCUT2D eigenvalue weighted by atomic mass is 9.84. The van der Waals surface area contributed by atoms with E-state index in [0.717, 1.165) is 10.0 Å². The first-order chi connectivity index (χ1) is 7.64. The van der Waals surface area contributed by atoms with Crippen molar-refractivity contribution in [1.29, 1.82) is 0 Å². The highest BCUT2D eigenvalue weighted by Gasteiger charge is 2.35. The van der Waals surface area contributed by atoms with E-state index in [2.05, 4.69) is 15.9 Å². The van der Waals surface area contributed by atoms with E-state index in [1.165, 1.54) is 0 Å². The van der Waals surface area contributed by atoms with Crippen molar-refractivity contribution < 1.29 is 9.53 Å². The highest BCUT2D eigenvalue weighted by molar-refractivity contribution is 9.10. The molecule has 2 nitrogen and oxygen atoms in total. The van der Waals surface area contributed by atoms with Gasteiger partial charge in [0.05, 0.1) is 5.41 Å². The van der Waals surface area contributed by atoms with E-state index in [1.54, 1.807) is 0 Å². The van der Waals surface area contributed by atoms with Gasteiger partial charge in [0.15, 0.2) is 0 Å². The van der Waals surface area contributed by atoms with Crippen LogP contribution in [0.25, 0.3) is 0 Å². The predicted molar refractivity (Wildman–Crippen MR) is 73.0 cm³/mol. The second kappa shape index (κ2) is 4.81. The number of rotatable bonds is 2. The summed E-state index contributed by atoms with van der Waals surface area (Å²) < 4.78 is 6.38. The zero-order valence-electron chi connectivity index (χ0n) is 11.0. The summed E-state index contributed by atoms with van der Waals surface area (Å²) in [6, 6.07) is 7.72. The molecule has 0 aliphatic carbocycles. The summed E-state index contributed by atoms with van der Waals surface area (Å²) in [5.41, 5.74) is -0.183. The maximum Gasteiger partial charge on any atom is 0.316 e. The Morgan fingerprint density at radius 2 is 1.65 bits per heavy atom. The summed E-state index contributed by atoms with van der Waals surface area (Å²) in [5.74, 6) is -0.211. The zero-order chi connectivity index (χ0) is 13.3. The van der Waals surface area contributed by atoms with Crippen molar-refractivity contribution >= 4 is 21.9 Å². The predicted octanol–water partition coefficient (Wildman–Crippen LogP) is 4.07. The van der Waals surface area contributed by atoms with E-state index in [9.17, 15) is 4.79 Å². The van der Waals surface area contributed by atoms with E-state index < -0.39 is 11.0 Å². The second-order valence-electron chi connectivity index (χ2n) is 5.61. The van der Waals surface area contributed by atoms with Crippen molar-refractivity contribution in [3.8, 4) is 0 Å². The third-order valence-electron chi connectivity index (χ3n) is 2.46. The molecule has 0 atom stereocenters. The molecule has 0 aromatic heterocycles. The van der Waals surface area contributed by atoms with Crippen molar-refractivity contribution in [2.75, 3.05) is 0 Å². The number of benzene rings is 1. The molecule has 1 aromatic carbocycles. The second-order valence-corrected chi connectivity index (χ2v) is 6.46. The van der Waals surface area contributed by atoms with E-state index in [-0.39, 0.29) is 5.97 Å². The van der Waals surface area contributed by atoms with Crippen molar-refractivity contribution in [3.05, 3.63) is 34.3 Å². The molecule has 0 bridgehead atoms. The van der Waals surface area contributed by atoms with Gasteiger partial charge in [0.1, 0.15) is 5.60 Å². The van der Waals surface area contributed by atoms with Gasteiger partial charge in [0, 0.05) is 4.47 Å². The van der Waals surface area contributed by atoms with Gasteiger partial charge in [0.2, 0.25) is 0 Å². The third-order valence-corrected chi connectivity index (χ3v) is 3.15. The molecule has 1 aromatic rings. The van der Waals surface area contributed by atoms with Gasteiger partial charge in [-0.25, -0.2) is 0 Å². The Balaban J connectivity index is 3.03. The van der Waals surface area contributed by atoms with Gasteiger partial charge in [-0.1, -0.05) is 34.1 Å². The molecular weight excluding hydrogens is 280 g/mol. The molecule has 0 N–H and O–H groups in total. The summed E-state index contributed by atoms with van der Waals surface area (Å²) in [7, 11) is 0. The van der Waals surface area contributed by atoms with Crippen LogP contribution in [0.4, 0.5) is 0 Å². The highest BCUT2D eigenvalue weighted by Crippen LogP contribution is 2.32. The Labute approximate surface area is 111 Å². The molecule has 0 saturated carbocycles. The molecule has 0 aliphatic heterocycles. The maximum atomic E-state index is 12.2. The van der Waals surface area contributed by atoms with Gasteiger partial charge >= 0.3 is 5.97 Å². The van der Waals surface area contributed by atoms with Crippen LogP contribution in [-0.2, 0) is 14.9 Å². The van der Waals surface area contributed by atoms with E-state index in [4.69, 9.17) is 4.74 Å². The number of hydrogen-bond acceptors (Lipinski definition) is 2. The molecule has 0 spiro atoms. The van der Waals surface area contributed by atoms with Gasteiger partial charge in [-0.15, -0.1) is 0 Å². The summed E-state index contributed by atoms with van der Waals surface area (Å²) in [6.45, 7) is 9.38. The monoisotopic (exact) mass is 298 g/mol. The first kappa shape index (κ1) is 14.2. The van der Waals surface area contributed by atoms with Gasteiger partial charge in [-0.05, 0) is 46.2 Å². The fraction of sp³-hybridized carbons (Fsp3) is 0.500. The van der Waals surface area contributed by atoms with Crippen molar-refractivity contribution in [2.24, 2.45) is 0 Å². The normalized spacial score (nSPS) is 12.4. The fourth-order valence-electron chi connectivity index (χ4n) is 1.48. The van der Waals surface area contributed by atoms with Crippen LogP contribution in [0.15, 0.2) is 28.7 Å². The Morgan fingerprint density at radius 3 is 2.12 bits per heavy atom. The minimum absolute atomic E-state index is 0.211. The lowest BCUT2D eigenvalue weighted by Gasteiger charge is -2.29. The van der Waals surface area contributed by atoms with Crippen LogP contribution < -0.4 is 0 Å². The average Bonchev–Trinajstić information content (AvgIpc) is 2.15. The molecule has 0 aliphatic rings. The molecular formula is C14H19BrO2. The molecule has 0 unspecified atom stereocenters. The number of halogens is 1. The lowest BCUT2D eigenvalue weighted by molar-refractivity contribution is -0.160. The minimum atomic E-state index is -0.659. The molecule has 1 rings (SSSR count). The molecule has 0 amide bonds. The van der Waals surface area contributed by atoms with Crippen molar-refractivity contribution in [1.82, 2.24) is 0 Å². The molecule has 0 radical (unpaired) electrons. The Bertz CT molecular complexity index is 416. The first-order valence-corrected chi connectivity index (χ1v) is 6.42. The van der Waals surface area contributed by atoms with Crippen LogP contribution in [-0.4, -0.2) is 11.6 Å². The summed E-state index contributed by atoms with van der Waals surface area (Å²) in [4.78, 5) is 12.2. The van der Waals surface area contributed by atoms with Gasteiger partial charge in [-0.3, -0.25) is 4.79 Å². The average molecular weight is 299 g/mol. The number of carbonyl (C=O) groups excluding carboxylic acids is 1. The molecule has 17 heavy (non-hydrogen) atoms. The standard InChI is InChI=1S/C14H19BrO2/c1-13(2,3)17-12(16)14(4,5)10-8-6-7-9-11(10)15/h6-9H,1-5H3. The number of carbonyl (C=O) groups is 1. The van der Waals surface area contributed by atoms with E-state index >= 15 is 0 Å². The van der Waals surface area contributed by atoms with Crippen LogP contribution >= 0.6 is 15.9 Å². The molecule has 0 heterocycles. The molecule has 94 valence electrons. The molecule has 0 fully saturated rings. The largest absolute Gasteiger partial charge is 0.459 e. The van der Waals surface area contributed by atoms with Crippen molar-refractivity contribution in [2.45, 2.75) is 45.6 Å². The van der Waals surface area contributed by atoms with Crippen LogP contribution in [0, 0.1) is 0 Å². The Kier molecular flexibility index (Phi) is 4.03. The SMILES string of the molecule is CC(C)(C)OC(=O)C(C)(C)c1ccccc1Br. The summed E-state index contributed by atoms with van der Waals surface area (Å²) >= 11 is 3.47. The van der Waals surface area contributed by atoms with Crippen LogP contribution in [0.2, 0.25) is 0 Å². The van der Waals surface area contributed by atoms with Crippen LogP contribution in [0.3, 0.4) is 0 Å². The topological polar surface area (TPSA) is 26.3 Å². The maximum absolute atomic E-state index is 12.2. The first-order valence-electron chi connectivity index (χ1n) is 5.63. The number of hydrogen-bond donors (Lipinski definition) is 0. The van der Waals surface area contributed by atoms with Crippen LogP contribution in [0.5, 0.6) is 0 Å². The lowest BCUT2D eigenvalue weighted by Crippen LogP contribution is -2.37. The van der Waals surface area contributed by atoms with Gasteiger partial charge < -0.3 is 4.74 Å². The van der Waals surface area contributed by atoms with Crippen LogP contribution in [0.1, 0.15) is 40.2 Å². The number of ether oxygens (including phenoxy) is 1. The Morgan fingerprint density at radius 1 is 1.12 bits per heavy atom. The van der Waals surface area contributed by atoms with Gasteiger partial charge in [-0.2, -0.15) is 0 Å². The highest BCUT2D eigenvalue weighted by atomic mass is 79.9. The van der Waals surface area contributed by atoms with Crippen molar-refractivity contribution in [3.63, 3.8) is 0 Å².